The van der Waals surface area contributed by atoms with Crippen molar-refractivity contribution in [2.24, 2.45) is 11.7 Å². The fourth-order valence-corrected chi connectivity index (χ4v) is 1.27. The Balaban J connectivity index is 2.40. The van der Waals surface area contributed by atoms with E-state index in [0.717, 1.165) is 12.8 Å². The second-order valence-electron chi connectivity index (χ2n) is 3.53. The van der Waals surface area contributed by atoms with Gasteiger partial charge in [-0.25, -0.2) is 8.78 Å². The normalized spacial score (nSPS) is 20.9. The maximum Gasteiger partial charge on any atom is 0.326 e. The Morgan fingerprint density at radius 1 is 1.64 bits per heavy atom. The van der Waals surface area contributed by atoms with Crippen molar-refractivity contribution in [1.82, 2.24) is 0 Å². The highest BCUT2D eigenvalue weighted by Crippen LogP contribution is 2.38. The number of halogens is 2. The minimum absolute atomic E-state index is 0.141. The first kappa shape index (κ1) is 11.3. The first-order valence-corrected chi connectivity index (χ1v) is 4.35. The summed E-state index contributed by atoms with van der Waals surface area (Å²) < 4.78 is 28.0. The van der Waals surface area contributed by atoms with Crippen molar-refractivity contribution in [2.45, 2.75) is 24.8 Å². The van der Waals surface area contributed by atoms with Crippen LogP contribution in [0.25, 0.3) is 0 Å². The van der Waals surface area contributed by atoms with Gasteiger partial charge < -0.3 is 15.6 Å². The highest BCUT2D eigenvalue weighted by atomic mass is 19.3. The molecule has 0 aromatic carbocycles. The fraction of sp³-hybridized carbons (Fsp3) is 0.875. The molecular formula is C8H13F2NO3. The zero-order chi connectivity index (χ0) is 10.8. The standard InChI is InChI=1S/C8H13F2NO3/c9-6(10)3-14-4-8(11,7(12)13)5-1-2-5/h5-6H,1-4,11H2,(H,12,13). The summed E-state index contributed by atoms with van der Waals surface area (Å²) in [7, 11) is 0. The summed E-state index contributed by atoms with van der Waals surface area (Å²) in [4.78, 5) is 10.8. The Hall–Kier alpha value is -0.750. The van der Waals surface area contributed by atoms with Crippen LogP contribution in [0.3, 0.4) is 0 Å². The third-order valence-corrected chi connectivity index (χ3v) is 2.29. The molecule has 82 valence electrons. The summed E-state index contributed by atoms with van der Waals surface area (Å²) in [6.07, 6.45) is -1.14. The SMILES string of the molecule is NC(COCC(F)F)(C(=O)O)C1CC1. The van der Waals surface area contributed by atoms with E-state index in [2.05, 4.69) is 4.74 Å². The predicted octanol–water partition coefficient (Wildman–Crippen LogP) is 0.460. The molecule has 1 aliphatic rings. The van der Waals surface area contributed by atoms with Crippen molar-refractivity contribution in [1.29, 1.82) is 0 Å². The molecule has 1 saturated carbocycles. The molecule has 0 saturated heterocycles. The number of aliphatic carboxylic acids is 1. The number of hydrogen-bond donors (Lipinski definition) is 2. The van der Waals surface area contributed by atoms with Crippen molar-refractivity contribution in [2.75, 3.05) is 13.2 Å². The first-order valence-electron chi connectivity index (χ1n) is 4.35. The molecule has 0 bridgehead atoms. The monoisotopic (exact) mass is 209 g/mol. The molecule has 6 heteroatoms. The second kappa shape index (κ2) is 4.18. The number of ether oxygens (including phenoxy) is 1. The van der Waals surface area contributed by atoms with Crippen molar-refractivity contribution < 1.29 is 23.4 Å². The summed E-state index contributed by atoms with van der Waals surface area (Å²) in [5.41, 5.74) is 4.07. The lowest BCUT2D eigenvalue weighted by molar-refractivity contribution is -0.147. The highest BCUT2D eigenvalue weighted by molar-refractivity contribution is 5.79. The van der Waals surface area contributed by atoms with E-state index in [0.29, 0.717) is 0 Å². The number of carbonyl (C=O) groups is 1. The van der Waals surface area contributed by atoms with Crippen molar-refractivity contribution in [3.05, 3.63) is 0 Å². The van der Waals surface area contributed by atoms with Gasteiger partial charge in [0.1, 0.15) is 12.1 Å². The van der Waals surface area contributed by atoms with Gasteiger partial charge >= 0.3 is 5.97 Å². The zero-order valence-electron chi connectivity index (χ0n) is 7.58. The summed E-state index contributed by atoms with van der Waals surface area (Å²) in [6.45, 7) is -1.11. The van der Waals surface area contributed by atoms with E-state index in [1.807, 2.05) is 0 Å². The third-order valence-electron chi connectivity index (χ3n) is 2.29. The number of hydrogen-bond acceptors (Lipinski definition) is 3. The molecule has 0 radical (unpaired) electrons. The lowest BCUT2D eigenvalue weighted by Crippen LogP contribution is -2.54. The number of rotatable bonds is 6. The lowest BCUT2D eigenvalue weighted by Gasteiger charge is -2.23. The maximum absolute atomic E-state index is 11.7. The quantitative estimate of drug-likeness (QED) is 0.666. The van der Waals surface area contributed by atoms with Crippen LogP contribution in [0.15, 0.2) is 0 Å². The molecule has 1 atom stereocenters. The Morgan fingerprint density at radius 2 is 2.21 bits per heavy atom. The molecule has 1 fully saturated rings. The van der Waals surface area contributed by atoms with E-state index in [1.54, 1.807) is 0 Å². The first-order chi connectivity index (χ1) is 6.47. The molecule has 0 aromatic rings. The van der Waals surface area contributed by atoms with Crippen LogP contribution < -0.4 is 5.73 Å². The van der Waals surface area contributed by atoms with E-state index < -0.39 is 24.5 Å². The summed E-state index contributed by atoms with van der Waals surface area (Å²) in [6, 6.07) is 0. The van der Waals surface area contributed by atoms with Crippen LogP contribution in [0.2, 0.25) is 0 Å². The molecule has 4 nitrogen and oxygen atoms in total. The Kier molecular flexibility index (Phi) is 3.38. The van der Waals surface area contributed by atoms with Crippen LogP contribution in [0.5, 0.6) is 0 Å². The Morgan fingerprint density at radius 3 is 2.57 bits per heavy atom. The van der Waals surface area contributed by atoms with Gasteiger partial charge in [-0.2, -0.15) is 0 Å². The average molecular weight is 209 g/mol. The molecular weight excluding hydrogens is 196 g/mol. The zero-order valence-corrected chi connectivity index (χ0v) is 7.58. The minimum atomic E-state index is -2.59. The van der Waals surface area contributed by atoms with Gasteiger partial charge in [-0.05, 0) is 18.8 Å². The molecule has 1 rings (SSSR count). The average Bonchev–Trinajstić information content (AvgIpc) is 2.84. The summed E-state index contributed by atoms with van der Waals surface area (Å²) in [5, 5.41) is 8.82. The van der Waals surface area contributed by atoms with E-state index in [-0.39, 0.29) is 12.5 Å². The van der Waals surface area contributed by atoms with Crippen LogP contribution in [0, 0.1) is 5.92 Å². The lowest BCUT2D eigenvalue weighted by atomic mass is 9.96. The Bertz CT molecular complexity index is 221. The largest absolute Gasteiger partial charge is 0.480 e. The molecule has 3 N–H and O–H groups in total. The van der Waals surface area contributed by atoms with Gasteiger partial charge in [0.15, 0.2) is 0 Å². The number of carboxylic acids is 1. The smallest absolute Gasteiger partial charge is 0.326 e. The van der Waals surface area contributed by atoms with Crippen molar-refractivity contribution in [3.63, 3.8) is 0 Å². The van der Waals surface area contributed by atoms with Crippen LogP contribution in [-0.4, -0.2) is 36.3 Å². The van der Waals surface area contributed by atoms with E-state index in [4.69, 9.17) is 10.8 Å². The third kappa shape index (κ3) is 2.62. The molecule has 0 amide bonds. The van der Waals surface area contributed by atoms with Gasteiger partial charge in [0.05, 0.1) is 6.61 Å². The number of carboxylic acid groups (broad SMARTS) is 1. The highest BCUT2D eigenvalue weighted by Gasteiger charge is 2.48. The van der Waals surface area contributed by atoms with Crippen LogP contribution in [0.1, 0.15) is 12.8 Å². The molecule has 0 heterocycles. The van der Waals surface area contributed by atoms with E-state index >= 15 is 0 Å². The van der Waals surface area contributed by atoms with Gasteiger partial charge in [0.2, 0.25) is 0 Å². The molecule has 14 heavy (non-hydrogen) atoms. The molecule has 0 spiro atoms. The fourth-order valence-electron chi connectivity index (χ4n) is 1.27. The van der Waals surface area contributed by atoms with Crippen LogP contribution in [-0.2, 0) is 9.53 Å². The van der Waals surface area contributed by atoms with Crippen molar-refractivity contribution in [3.8, 4) is 0 Å². The van der Waals surface area contributed by atoms with Crippen LogP contribution >= 0.6 is 0 Å². The second-order valence-corrected chi connectivity index (χ2v) is 3.53. The molecule has 0 aliphatic heterocycles. The maximum atomic E-state index is 11.7. The summed E-state index contributed by atoms with van der Waals surface area (Å²) >= 11 is 0. The summed E-state index contributed by atoms with van der Waals surface area (Å²) in [5.74, 6) is -1.33. The van der Waals surface area contributed by atoms with Gasteiger partial charge in [0.25, 0.3) is 6.43 Å². The number of nitrogens with two attached hydrogens (primary N) is 1. The van der Waals surface area contributed by atoms with Crippen molar-refractivity contribution >= 4 is 5.97 Å². The molecule has 1 aliphatic carbocycles. The predicted molar refractivity (Wildman–Crippen MR) is 44.1 cm³/mol. The van der Waals surface area contributed by atoms with Crippen LogP contribution in [0.4, 0.5) is 8.78 Å². The molecule has 0 aromatic heterocycles. The van der Waals surface area contributed by atoms with Gasteiger partial charge in [0, 0.05) is 0 Å². The minimum Gasteiger partial charge on any atom is -0.480 e. The molecule has 1 unspecified atom stereocenters. The van der Waals surface area contributed by atoms with Gasteiger partial charge in [-0.1, -0.05) is 0 Å². The topological polar surface area (TPSA) is 72.5 Å². The van der Waals surface area contributed by atoms with Gasteiger partial charge in [-0.15, -0.1) is 0 Å². The number of alkyl halides is 2. The van der Waals surface area contributed by atoms with Gasteiger partial charge in [-0.3, -0.25) is 4.79 Å². The van der Waals surface area contributed by atoms with E-state index in [9.17, 15) is 13.6 Å². The van der Waals surface area contributed by atoms with E-state index in [1.165, 1.54) is 0 Å². The Labute approximate surface area is 80.0 Å².